The molecule has 0 saturated carbocycles. The van der Waals surface area contributed by atoms with Crippen LogP contribution in [0.3, 0.4) is 0 Å². The van der Waals surface area contributed by atoms with E-state index in [1.165, 1.54) is 18.2 Å². The molecular weight excluding hydrogens is 283 g/mol. The monoisotopic (exact) mass is 293 g/mol. The summed E-state index contributed by atoms with van der Waals surface area (Å²) in [6, 6.07) is 4.10. The van der Waals surface area contributed by atoms with E-state index in [2.05, 4.69) is 5.32 Å². The summed E-state index contributed by atoms with van der Waals surface area (Å²) in [7, 11) is 0. The Bertz CT molecular complexity index is 502. The van der Waals surface area contributed by atoms with Crippen LogP contribution in [0.4, 0.5) is 18.9 Å². The van der Waals surface area contributed by atoms with Crippen molar-refractivity contribution in [3.63, 3.8) is 0 Å². The number of hydrogen-bond donors (Lipinski definition) is 2. The number of nitrogens with one attached hydrogen (secondary N) is 1. The first-order valence-electron chi connectivity index (χ1n) is 5.03. The Morgan fingerprint density at radius 1 is 1.37 bits per heavy atom. The van der Waals surface area contributed by atoms with Crippen LogP contribution < -0.4 is 5.32 Å². The van der Waals surface area contributed by atoms with Gasteiger partial charge in [0.25, 0.3) is 0 Å². The third-order valence-electron chi connectivity index (χ3n) is 2.12. The largest absolute Gasteiger partial charge is 0.478 e. The predicted molar refractivity (Wildman–Crippen MR) is 65.3 cm³/mol. The SMILES string of the molecule is Cc1ccc(NC(=O)CSC(F)(F)F)cc1C(=O)O. The molecule has 19 heavy (non-hydrogen) atoms. The summed E-state index contributed by atoms with van der Waals surface area (Å²) < 4.78 is 35.6. The predicted octanol–water partition coefficient (Wildman–Crippen LogP) is 2.88. The van der Waals surface area contributed by atoms with E-state index in [0.29, 0.717) is 5.56 Å². The number of anilines is 1. The molecule has 4 nitrogen and oxygen atoms in total. The minimum absolute atomic E-state index is 0.0127. The second kappa shape index (κ2) is 5.96. The highest BCUT2D eigenvalue weighted by Crippen LogP contribution is 2.30. The first-order valence-corrected chi connectivity index (χ1v) is 6.02. The van der Waals surface area contributed by atoms with Crippen molar-refractivity contribution in [3.05, 3.63) is 29.3 Å². The fourth-order valence-electron chi connectivity index (χ4n) is 1.27. The molecule has 1 aromatic rings. The van der Waals surface area contributed by atoms with Crippen LogP contribution in [0.25, 0.3) is 0 Å². The van der Waals surface area contributed by atoms with Crippen molar-refractivity contribution in [2.75, 3.05) is 11.1 Å². The zero-order valence-corrected chi connectivity index (χ0v) is 10.6. The van der Waals surface area contributed by atoms with Gasteiger partial charge in [0.2, 0.25) is 5.91 Å². The Kier molecular flexibility index (Phi) is 4.82. The zero-order valence-electron chi connectivity index (χ0n) is 9.75. The molecule has 0 aliphatic rings. The van der Waals surface area contributed by atoms with Crippen molar-refractivity contribution in [1.29, 1.82) is 0 Å². The number of aromatic carboxylic acids is 1. The molecule has 0 aliphatic carbocycles. The zero-order chi connectivity index (χ0) is 14.6. The molecular formula is C11H10F3NO3S. The normalized spacial score (nSPS) is 11.2. The third kappa shape index (κ3) is 5.21. The summed E-state index contributed by atoms with van der Waals surface area (Å²) in [5.41, 5.74) is -3.84. The van der Waals surface area contributed by atoms with Gasteiger partial charge in [-0.3, -0.25) is 4.79 Å². The highest BCUT2D eigenvalue weighted by molar-refractivity contribution is 8.00. The molecule has 0 aromatic heterocycles. The topological polar surface area (TPSA) is 66.4 Å². The molecule has 1 amide bonds. The van der Waals surface area contributed by atoms with Gasteiger partial charge in [-0.25, -0.2) is 4.79 Å². The molecule has 0 unspecified atom stereocenters. The number of aryl methyl sites for hydroxylation is 1. The molecule has 104 valence electrons. The number of thioether (sulfide) groups is 1. The van der Waals surface area contributed by atoms with Crippen LogP contribution in [0.1, 0.15) is 15.9 Å². The first-order chi connectivity index (χ1) is 8.69. The molecule has 0 aliphatic heterocycles. The van der Waals surface area contributed by atoms with Gasteiger partial charge in [-0.2, -0.15) is 13.2 Å². The van der Waals surface area contributed by atoms with E-state index in [1.807, 2.05) is 0 Å². The molecule has 2 N–H and O–H groups in total. The maximum atomic E-state index is 11.9. The smallest absolute Gasteiger partial charge is 0.442 e. The molecule has 8 heteroatoms. The van der Waals surface area contributed by atoms with Crippen LogP contribution in [0.15, 0.2) is 18.2 Å². The van der Waals surface area contributed by atoms with Crippen molar-refractivity contribution in [2.24, 2.45) is 0 Å². The molecule has 0 saturated heterocycles. The quantitative estimate of drug-likeness (QED) is 0.895. The highest BCUT2D eigenvalue weighted by atomic mass is 32.2. The Balaban J connectivity index is 2.70. The van der Waals surface area contributed by atoms with E-state index in [4.69, 9.17) is 5.11 Å². The van der Waals surface area contributed by atoms with Crippen molar-refractivity contribution >= 4 is 29.3 Å². The average molecular weight is 293 g/mol. The summed E-state index contributed by atoms with van der Waals surface area (Å²) in [4.78, 5) is 22.1. The summed E-state index contributed by atoms with van der Waals surface area (Å²) in [5.74, 6) is -2.79. The number of alkyl halides is 3. The Morgan fingerprint density at radius 3 is 2.53 bits per heavy atom. The number of rotatable bonds is 4. The van der Waals surface area contributed by atoms with Gasteiger partial charge >= 0.3 is 11.5 Å². The Morgan fingerprint density at radius 2 is 2.00 bits per heavy atom. The van der Waals surface area contributed by atoms with Crippen LogP contribution >= 0.6 is 11.8 Å². The number of carboxylic acid groups (broad SMARTS) is 1. The number of carbonyl (C=O) groups excluding carboxylic acids is 1. The Hall–Kier alpha value is -1.70. The van der Waals surface area contributed by atoms with E-state index in [0.717, 1.165) is 0 Å². The molecule has 0 fully saturated rings. The van der Waals surface area contributed by atoms with Gasteiger partial charge < -0.3 is 10.4 Å². The molecule has 0 spiro atoms. The number of benzene rings is 1. The molecule has 0 bridgehead atoms. The number of carbonyl (C=O) groups is 2. The van der Waals surface area contributed by atoms with Gasteiger partial charge in [0, 0.05) is 5.69 Å². The van der Waals surface area contributed by atoms with Crippen molar-refractivity contribution in [2.45, 2.75) is 12.4 Å². The summed E-state index contributed by atoms with van der Waals surface area (Å²) in [6.07, 6.45) is 0. The standard InChI is InChI=1S/C11H10F3NO3S/c1-6-2-3-7(4-8(6)10(17)18)15-9(16)5-19-11(12,13)14/h2-4H,5H2,1H3,(H,15,16)(H,17,18). The highest BCUT2D eigenvalue weighted by Gasteiger charge is 2.29. The fraction of sp³-hybridized carbons (Fsp3) is 0.273. The van der Waals surface area contributed by atoms with Crippen LogP contribution in [-0.4, -0.2) is 28.2 Å². The lowest BCUT2D eigenvalue weighted by Crippen LogP contribution is -2.17. The van der Waals surface area contributed by atoms with E-state index in [1.54, 1.807) is 6.92 Å². The van der Waals surface area contributed by atoms with Gasteiger partial charge in [0.1, 0.15) is 0 Å². The lowest BCUT2D eigenvalue weighted by Gasteiger charge is -2.08. The third-order valence-corrected chi connectivity index (χ3v) is 2.85. The van der Waals surface area contributed by atoms with Gasteiger partial charge in [0.05, 0.1) is 11.3 Å². The van der Waals surface area contributed by atoms with Gasteiger partial charge in [0.15, 0.2) is 0 Å². The summed E-state index contributed by atoms with van der Waals surface area (Å²) in [5, 5.41) is 11.1. The van der Waals surface area contributed by atoms with E-state index in [9.17, 15) is 22.8 Å². The number of halogens is 3. The molecule has 0 radical (unpaired) electrons. The van der Waals surface area contributed by atoms with Crippen LogP contribution in [-0.2, 0) is 4.79 Å². The molecule has 0 heterocycles. The van der Waals surface area contributed by atoms with Crippen molar-refractivity contribution < 1.29 is 27.9 Å². The number of amides is 1. The van der Waals surface area contributed by atoms with Crippen molar-refractivity contribution in [1.82, 2.24) is 0 Å². The van der Waals surface area contributed by atoms with Crippen LogP contribution in [0.5, 0.6) is 0 Å². The minimum atomic E-state index is -4.48. The summed E-state index contributed by atoms with van der Waals surface area (Å²) >= 11 is -0.454. The van der Waals surface area contributed by atoms with Crippen LogP contribution in [0, 0.1) is 6.92 Å². The molecule has 1 rings (SSSR count). The minimum Gasteiger partial charge on any atom is -0.478 e. The average Bonchev–Trinajstić information content (AvgIpc) is 2.28. The van der Waals surface area contributed by atoms with Crippen LogP contribution in [0.2, 0.25) is 0 Å². The maximum Gasteiger partial charge on any atom is 0.442 e. The molecule has 1 aromatic carbocycles. The Labute approximate surface area is 111 Å². The lowest BCUT2D eigenvalue weighted by molar-refractivity contribution is -0.114. The number of carboxylic acids is 1. The van der Waals surface area contributed by atoms with Crippen molar-refractivity contribution in [3.8, 4) is 0 Å². The summed E-state index contributed by atoms with van der Waals surface area (Å²) in [6.45, 7) is 1.58. The van der Waals surface area contributed by atoms with Gasteiger partial charge in [-0.15, -0.1) is 0 Å². The molecule has 0 atom stereocenters. The van der Waals surface area contributed by atoms with E-state index >= 15 is 0 Å². The van der Waals surface area contributed by atoms with E-state index in [-0.39, 0.29) is 11.3 Å². The first kappa shape index (κ1) is 15.4. The second-order valence-electron chi connectivity index (χ2n) is 3.62. The lowest BCUT2D eigenvalue weighted by atomic mass is 10.1. The van der Waals surface area contributed by atoms with Gasteiger partial charge in [-0.05, 0) is 36.4 Å². The van der Waals surface area contributed by atoms with Gasteiger partial charge in [-0.1, -0.05) is 6.07 Å². The fourth-order valence-corrected chi connectivity index (χ4v) is 1.64. The maximum absolute atomic E-state index is 11.9. The van der Waals surface area contributed by atoms with E-state index < -0.39 is 34.9 Å². The second-order valence-corrected chi connectivity index (χ2v) is 4.66. The number of hydrogen-bond acceptors (Lipinski definition) is 3.